The van der Waals surface area contributed by atoms with E-state index in [0.717, 1.165) is 17.2 Å². The summed E-state index contributed by atoms with van der Waals surface area (Å²) in [5, 5.41) is 0.825. The Morgan fingerprint density at radius 3 is 2.80 bits per heavy atom. The molecule has 0 saturated heterocycles. The van der Waals surface area contributed by atoms with Crippen LogP contribution in [-0.4, -0.2) is 22.8 Å². The third-order valence-corrected chi connectivity index (χ3v) is 2.94. The topological polar surface area (TPSA) is 61.0 Å². The van der Waals surface area contributed by atoms with Crippen molar-refractivity contribution in [2.75, 3.05) is 18.6 Å². The minimum atomic E-state index is 0.402. The molecule has 5 heteroatoms. The number of anilines is 1. The molecule has 1 aromatic rings. The fraction of sp³-hybridized carbons (Fsp3) is 0.600. The molecule has 15 heavy (non-hydrogen) atoms. The van der Waals surface area contributed by atoms with Crippen LogP contribution in [0.4, 0.5) is 5.82 Å². The molecule has 0 atom stereocenters. The molecular formula is C10H17N3OS. The van der Waals surface area contributed by atoms with E-state index in [1.165, 1.54) is 6.33 Å². The Morgan fingerprint density at radius 1 is 1.47 bits per heavy atom. The maximum Gasteiger partial charge on any atom is 0.193 e. The molecule has 2 N–H and O–H groups in total. The van der Waals surface area contributed by atoms with Gasteiger partial charge >= 0.3 is 0 Å². The lowest BCUT2D eigenvalue weighted by molar-refractivity contribution is 0.401. The molecule has 84 valence electrons. The van der Waals surface area contributed by atoms with Crippen LogP contribution in [0.5, 0.6) is 5.75 Å². The van der Waals surface area contributed by atoms with Gasteiger partial charge in [0.1, 0.15) is 11.4 Å². The third kappa shape index (κ3) is 3.58. The summed E-state index contributed by atoms with van der Waals surface area (Å²) in [6, 6.07) is 0. The average molecular weight is 227 g/mol. The summed E-state index contributed by atoms with van der Waals surface area (Å²) in [6.07, 6.45) is 2.62. The highest BCUT2D eigenvalue weighted by Crippen LogP contribution is 2.31. The standard InChI is InChI=1S/C10H17N3OS/c1-7(2)4-5-15-10-8(14-3)9(11)12-6-13-10/h6-7H,4-5H2,1-3H3,(H2,11,12,13). The molecule has 0 unspecified atom stereocenters. The van der Waals surface area contributed by atoms with Gasteiger partial charge in [-0.1, -0.05) is 13.8 Å². The van der Waals surface area contributed by atoms with E-state index in [2.05, 4.69) is 23.8 Å². The van der Waals surface area contributed by atoms with Gasteiger partial charge in [0, 0.05) is 0 Å². The summed E-state index contributed by atoms with van der Waals surface area (Å²) in [5.74, 6) is 2.71. The van der Waals surface area contributed by atoms with E-state index in [4.69, 9.17) is 10.5 Å². The van der Waals surface area contributed by atoms with Crippen molar-refractivity contribution in [3.63, 3.8) is 0 Å². The number of hydrogen-bond donors (Lipinski definition) is 1. The van der Waals surface area contributed by atoms with Crippen molar-refractivity contribution in [2.45, 2.75) is 25.3 Å². The molecule has 1 heterocycles. The zero-order chi connectivity index (χ0) is 11.3. The third-order valence-electron chi connectivity index (χ3n) is 1.94. The Balaban J connectivity index is 2.64. The number of hydrogen-bond acceptors (Lipinski definition) is 5. The van der Waals surface area contributed by atoms with E-state index in [1.807, 2.05) is 0 Å². The number of methoxy groups -OCH3 is 1. The first-order valence-electron chi connectivity index (χ1n) is 4.92. The first-order chi connectivity index (χ1) is 7.15. The first-order valence-corrected chi connectivity index (χ1v) is 5.91. The van der Waals surface area contributed by atoms with Crippen LogP contribution < -0.4 is 10.5 Å². The van der Waals surface area contributed by atoms with Crippen LogP contribution in [0.25, 0.3) is 0 Å². The number of nitrogen functional groups attached to an aromatic ring is 1. The molecule has 0 radical (unpaired) electrons. The maximum absolute atomic E-state index is 5.67. The van der Waals surface area contributed by atoms with Crippen molar-refractivity contribution in [3.05, 3.63) is 6.33 Å². The fourth-order valence-corrected chi connectivity index (χ4v) is 2.28. The number of nitrogens with zero attached hydrogens (tertiary/aromatic N) is 2. The Morgan fingerprint density at radius 2 is 2.20 bits per heavy atom. The Labute approximate surface area is 94.6 Å². The summed E-state index contributed by atoms with van der Waals surface area (Å²) in [6.45, 7) is 4.40. The van der Waals surface area contributed by atoms with Gasteiger partial charge in [-0.3, -0.25) is 0 Å². The number of nitrogens with two attached hydrogens (primary N) is 1. The van der Waals surface area contributed by atoms with Crippen LogP contribution in [0.2, 0.25) is 0 Å². The number of thioether (sulfide) groups is 1. The monoisotopic (exact) mass is 227 g/mol. The molecule has 0 aromatic carbocycles. The van der Waals surface area contributed by atoms with Crippen molar-refractivity contribution in [3.8, 4) is 5.75 Å². The second kappa shape index (κ2) is 5.80. The van der Waals surface area contributed by atoms with Crippen molar-refractivity contribution in [1.29, 1.82) is 0 Å². The largest absolute Gasteiger partial charge is 0.490 e. The summed E-state index contributed by atoms with van der Waals surface area (Å²) in [5.41, 5.74) is 5.67. The zero-order valence-electron chi connectivity index (χ0n) is 9.36. The van der Waals surface area contributed by atoms with Crippen LogP contribution in [0.3, 0.4) is 0 Å². The predicted octanol–water partition coefficient (Wildman–Crippen LogP) is 2.21. The maximum atomic E-state index is 5.67. The molecule has 0 bridgehead atoms. The molecule has 1 rings (SSSR count). The molecule has 0 spiro atoms. The van der Waals surface area contributed by atoms with Gasteiger partial charge in [-0.05, 0) is 18.1 Å². The highest BCUT2D eigenvalue weighted by atomic mass is 32.2. The zero-order valence-corrected chi connectivity index (χ0v) is 10.2. The Kier molecular flexibility index (Phi) is 4.68. The Hall–Kier alpha value is -0.970. The molecule has 0 fully saturated rings. The van der Waals surface area contributed by atoms with E-state index < -0.39 is 0 Å². The minimum Gasteiger partial charge on any atom is -0.490 e. The van der Waals surface area contributed by atoms with E-state index in [1.54, 1.807) is 18.9 Å². The second-order valence-electron chi connectivity index (χ2n) is 3.63. The van der Waals surface area contributed by atoms with Crippen LogP contribution in [0, 0.1) is 5.92 Å². The highest BCUT2D eigenvalue weighted by molar-refractivity contribution is 7.99. The lowest BCUT2D eigenvalue weighted by atomic mass is 10.2. The predicted molar refractivity (Wildman–Crippen MR) is 63.2 cm³/mol. The molecule has 1 aromatic heterocycles. The van der Waals surface area contributed by atoms with Gasteiger partial charge in [0.15, 0.2) is 11.6 Å². The molecule has 4 nitrogen and oxygen atoms in total. The van der Waals surface area contributed by atoms with E-state index in [-0.39, 0.29) is 0 Å². The summed E-state index contributed by atoms with van der Waals surface area (Å²) in [7, 11) is 1.58. The average Bonchev–Trinajstić information content (AvgIpc) is 2.17. The number of ether oxygens (including phenoxy) is 1. The van der Waals surface area contributed by atoms with Crippen molar-refractivity contribution < 1.29 is 4.74 Å². The number of aromatic nitrogens is 2. The Bertz CT molecular complexity index is 318. The smallest absolute Gasteiger partial charge is 0.193 e. The van der Waals surface area contributed by atoms with Crippen molar-refractivity contribution in [1.82, 2.24) is 9.97 Å². The lowest BCUT2D eigenvalue weighted by Crippen LogP contribution is -1.99. The first kappa shape index (κ1) is 12.1. The minimum absolute atomic E-state index is 0.402. The van der Waals surface area contributed by atoms with E-state index in [0.29, 0.717) is 17.5 Å². The van der Waals surface area contributed by atoms with Gasteiger partial charge < -0.3 is 10.5 Å². The van der Waals surface area contributed by atoms with E-state index >= 15 is 0 Å². The normalized spacial score (nSPS) is 10.7. The van der Waals surface area contributed by atoms with Gasteiger partial charge in [0.05, 0.1) is 7.11 Å². The van der Waals surface area contributed by atoms with Crippen LogP contribution >= 0.6 is 11.8 Å². The van der Waals surface area contributed by atoms with Gasteiger partial charge in [-0.15, -0.1) is 11.8 Å². The van der Waals surface area contributed by atoms with Crippen LogP contribution in [0.1, 0.15) is 20.3 Å². The van der Waals surface area contributed by atoms with Gasteiger partial charge in [-0.25, -0.2) is 9.97 Å². The summed E-state index contributed by atoms with van der Waals surface area (Å²) >= 11 is 1.66. The molecule has 0 saturated carbocycles. The van der Waals surface area contributed by atoms with Crippen molar-refractivity contribution in [2.24, 2.45) is 5.92 Å². The lowest BCUT2D eigenvalue weighted by Gasteiger charge is -2.08. The molecule has 0 amide bonds. The summed E-state index contributed by atoms with van der Waals surface area (Å²) in [4.78, 5) is 8.04. The van der Waals surface area contributed by atoms with Crippen LogP contribution in [0.15, 0.2) is 11.4 Å². The van der Waals surface area contributed by atoms with Gasteiger partial charge in [-0.2, -0.15) is 0 Å². The van der Waals surface area contributed by atoms with Gasteiger partial charge in [0.2, 0.25) is 0 Å². The fourth-order valence-electron chi connectivity index (χ4n) is 1.06. The van der Waals surface area contributed by atoms with Crippen molar-refractivity contribution >= 4 is 17.6 Å². The molecule has 0 aliphatic carbocycles. The molecular weight excluding hydrogens is 210 g/mol. The molecule has 0 aliphatic heterocycles. The van der Waals surface area contributed by atoms with Gasteiger partial charge in [0.25, 0.3) is 0 Å². The summed E-state index contributed by atoms with van der Waals surface area (Å²) < 4.78 is 5.16. The highest BCUT2D eigenvalue weighted by Gasteiger charge is 2.09. The van der Waals surface area contributed by atoms with Crippen LogP contribution in [-0.2, 0) is 0 Å². The molecule has 0 aliphatic rings. The van der Waals surface area contributed by atoms with E-state index in [9.17, 15) is 0 Å². The number of rotatable bonds is 5. The second-order valence-corrected chi connectivity index (χ2v) is 4.71. The quantitative estimate of drug-likeness (QED) is 0.617. The SMILES string of the molecule is COc1c(N)ncnc1SCCC(C)C.